The first-order chi connectivity index (χ1) is 8.56. The van der Waals surface area contributed by atoms with Gasteiger partial charge in [-0.25, -0.2) is 4.39 Å². The van der Waals surface area contributed by atoms with E-state index in [-0.39, 0.29) is 10.8 Å². The number of benzene rings is 1. The molecule has 92 valence electrons. The van der Waals surface area contributed by atoms with Gasteiger partial charge in [-0.05, 0) is 30.4 Å². The van der Waals surface area contributed by atoms with Gasteiger partial charge in [-0.2, -0.15) is 5.10 Å². The van der Waals surface area contributed by atoms with Gasteiger partial charge in [0, 0.05) is 24.4 Å². The predicted molar refractivity (Wildman–Crippen MR) is 68.0 cm³/mol. The van der Waals surface area contributed by atoms with Crippen LogP contribution in [0.2, 0.25) is 5.02 Å². The van der Waals surface area contributed by atoms with E-state index in [9.17, 15) is 9.18 Å². The predicted octanol–water partition coefficient (Wildman–Crippen LogP) is 3.11. The van der Waals surface area contributed by atoms with Crippen LogP contribution in [0.25, 0.3) is 6.08 Å². The Labute approximate surface area is 108 Å². The van der Waals surface area contributed by atoms with Crippen LogP contribution in [0.3, 0.4) is 0 Å². The van der Waals surface area contributed by atoms with Gasteiger partial charge < -0.3 is 0 Å². The average Bonchev–Trinajstić information content (AvgIpc) is 2.75. The standard InChI is InChI=1S/C13H10ClFN2O/c1-17-8-9(7-16-17)2-5-13(18)10-3-4-12(15)11(14)6-10/h2-8H,1H3/b5-2-. The van der Waals surface area contributed by atoms with Crippen LogP contribution in [-0.4, -0.2) is 15.6 Å². The number of rotatable bonds is 3. The van der Waals surface area contributed by atoms with Gasteiger partial charge in [0.25, 0.3) is 0 Å². The summed E-state index contributed by atoms with van der Waals surface area (Å²) in [6, 6.07) is 3.89. The lowest BCUT2D eigenvalue weighted by molar-refractivity contribution is 0.104. The van der Waals surface area contributed by atoms with E-state index in [0.29, 0.717) is 5.56 Å². The zero-order valence-electron chi connectivity index (χ0n) is 9.60. The molecule has 0 fully saturated rings. The van der Waals surface area contributed by atoms with Gasteiger partial charge in [-0.15, -0.1) is 0 Å². The van der Waals surface area contributed by atoms with Crippen molar-refractivity contribution < 1.29 is 9.18 Å². The minimum absolute atomic E-state index is 0.0596. The second kappa shape index (κ2) is 5.14. The quantitative estimate of drug-likeness (QED) is 0.631. The molecule has 0 atom stereocenters. The maximum Gasteiger partial charge on any atom is 0.185 e. The highest BCUT2D eigenvalue weighted by molar-refractivity contribution is 6.31. The molecule has 0 spiro atoms. The zero-order chi connectivity index (χ0) is 13.1. The molecule has 5 heteroatoms. The summed E-state index contributed by atoms with van der Waals surface area (Å²) in [7, 11) is 1.79. The molecule has 0 saturated heterocycles. The maximum atomic E-state index is 12.9. The van der Waals surface area contributed by atoms with Crippen LogP contribution in [0.4, 0.5) is 4.39 Å². The Morgan fingerprint density at radius 2 is 2.28 bits per heavy atom. The normalized spacial score (nSPS) is 11.1. The van der Waals surface area contributed by atoms with E-state index in [1.54, 1.807) is 30.2 Å². The molecule has 0 aliphatic carbocycles. The molecule has 0 unspecified atom stereocenters. The Morgan fingerprint density at radius 1 is 1.50 bits per heavy atom. The molecule has 2 rings (SSSR count). The van der Waals surface area contributed by atoms with Gasteiger partial charge in [0.15, 0.2) is 5.78 Å². The molecule has 1 aromatic heterocycles. The molecular formula is C13H10ClFN2O. The van der Waals surface area contributed by atoms with Gasteiger partial charge in [-0.1, -0.05) is 11.6 Å². The molecule has 0 radical (unpaired) electrons. The number of allylic oxidation sites excluding steroid dienone is 1. The number of nitrogens with zero attached hydrogens (tertiary/aromatic N) is 2. The molecule has 0 aliphatic heterocycles. The summed E-state index contributed by atoms with van der Waals surface area (Å²) in [6.45, 7) is 0. The van der Waals surface area contributed by atoms with Crippen molar-refractivity contribution in [3.05, 3.63) is 58.6 Å². The Balaban J connectivity index is 2.16. The molecule has 0 amide bonds. The molecule has 3 nitrogen and oxygen atoms in total. The van der Waals surface area contributed by atoms with Crippen molar-refractivity contribution in [3.63, 3.8) is 0 Å². The lowest BCUT2D eigenvalue weighted by Gasteiger charge is -1.97. The monoisotopic (exact) mass is 264 g/mol. The lowest BCUT2D eigenvalue weighted by atomic mass is 10.1. The van der Waals surface area contributed by atoms with E-state index in [1.807, 2.05) is 0 Å². The van der Waals surface area contributed by atoms with E-state index >= 15 is 0 Å². The maximum absolute atomic E-state index is 12.9. The van der Waals surface area contributed by atoms with Crippen LogP contribution < -0.4 is 0 Å². The minimum Gasteiger partial charge on any atom is -0.289 e. The summed E-state index contributed by atoms with van der Waals surface area (Å²) in [4.78, 5) is 11.8. The van der Waals surface area contributed by atoms with Crippen LogP contribution >= 0.6 is 11.6 Å². The van der Waals surface area contributed by atoms with Crippen molar-refractivity contribution >= 4 is 23.5 Å². The number of ketones is 1. The molecule has 0 saturated carbocycles. The molecule has 1 heterocycles. The highest BCUT2D eigenvalue weighted by Gasteiger charge is 2.05. The van der Waals surface area contributed by atoms with Crippen molar-refractivity contribution in [1.29, 1.82) is 0 Å². The van der Waals surface area contributed by atoms with E-state index in [0.717, 1.165) is 5.56 Å². The second-order valence-corrected chi connectivity index (χ2v) is 4.18. The van der Waals surface area contributed by atoms with Crippen molar-refractivity contribution in [1.82, 2.24) is 9.78 Å². The van der Waals surface area contributed by atoms with Crippen LogP contribution in [0.5, 0.6) is 0 Å². The van der Waals surface area contributed by atoms with Gasteiger partial charge >= 0.3 is 0 Å². The fourth-order valence-corrected chi connectivity index (χ4v) is 1.62. The first kappa shape index (κ1) is 12.5. The third-order valence-corrected chi connectivity index (χ3v) is 2.65. The number of carbonyl (C=O) groups excluding carboxylic acids is 1. The Hall–Kier alpha value is -1.94. The third-order valence-electron chi connectivity index (χ3n) is 2.36. The van der Waals surface area contributed by atoms with Crippen LogP contribution in [0.15, 0.2) is 36.7 Å². The highest BCUT2D eigenvalue weighted by Crippen LogP contribution is 2.16. The van der Waals surface area contributed by atoms with Crippen molar-refractivity contribution in [2.24, 2.45) is 7.05 Å². The number of halogens is 2. The summed E-state index contributed by atoms with van der Waals surface area (Å²) >= 11 is 5.61. The summed E-state index contributed by atoms with van der Waals surface area (Å²) in [5.41, 5.74) is 1.17. The smallest absolute Gasteiger partial charge is 0.185 e. The molecule has 0 aliphatic rings. The summed E-state index contributed by atoms with van der Waals surface area (Å²) in [6.07, 6.45) is 6.47. The van der Waals surface area contributed by atoms with E-state index in [1.165, 1.54) is 24.3 Å². The molecule has 2 aromatic rings. The molecule has 0 bridgehead atoms. The minimum atomic E-state index is -0.538. The number of hydrogen-bond donors (Lipinski definition) is 0. The Morgan fingerprint density at radius 3 is 2.89 bits per heavy atom. The molecule has 0 N–H and O–H groups in total. The van der Waals surface area contributed by atoms with Crippen LogP contribution in [-0.2, 0) is 7.05 Å². The summed E-state index contributed by atoms with van der Waals surface area (Å²) < 4.78 is 14.6. The number of aromatic nitrogens is 2. The number of hydrogen-bond acceptors (Lipinski definition) is 2. The third kappa shape index (κ3) is 2.84. The van der Waals surface area contributed by atoms with Crippen LogP contribution in [0.1, 0.15) is 15.9 Å². The molecular weight excluding hydrogens is 255 g/mol. The number of aryl methyl sites for hydroxylation is 1. The van der Waals surface area contributed by atoms with Gasteiger partial charge in [0.2, 0.25) is 0 Å². The average molecular weight is 265 g/mol. The van der Waals surface area contributed by atoms with Crippen molar-refractivity contribution in [2.45, 2.75) is 0 Å². The first-order valence-corrected chi connectivity index (χ1v) is 5.60. The SMILES string of the molecule is Cn1cc(/C=C\C(=O)c2ccc(F)c(Cl)c2)cn1. The zero-order valence-corrected chi connectivity index (χ0v) is 10.4. The summed E-state index contributed by atoms with van der Waals surface area (Å²) in [5.74, 6) is -0.773. The van der Waals surface area contributed by atoms with E-state index in [4.69, 9.17) is 11.6 Å². The van der Waals surface area contributed by atoms with Crippen LogP contribution in [0, 0.1) is 5.82 Å². The fraction of sp³-hybridized carbons (Fsp3) is 0.0769. The second-order valence-electron chi connectivity index (χ2n) is 3.77. The van der Waals surface area contributed by atoms with Gasteiger partial charge in [-0.3, -0.25) is 9.48 Å². The largest absolute Gasteiger partial charge is 0.289 e. The first-order valence-electron chi connectivity index (χ1n) is 5.22. The Bertz CT molecular complexity index is 619. The van der Waals surface area contributed by atoms with Gasteiger partial charge in [0.05, 0.1) is 11.2 Å². The topological polar surface area (TPSA) is 34.9 Å². The fourth-order valence-electron chi connectivity index (χ4n) is 1.44. The summed E-state index contributed by atoms with van der Waals surface area (Å²) in [5, 5.41) is 3.92. The van der Waals surface area contributed by atoms with E-state index in [2.05, 4.69) is 5.10 Å². The Kier molecular flexibility index (Phi) is 3.58. The van der Waals surface area contributed by atoms with Crippen molar-refractivity contribution in [2.75, 3.05) is 0 Å². The molecule has 18 heavy (non-hydrogen) atoms. The van der Waals surface area contributed by atoms with Gasteiger partial charge in [0.1, 0.15) is 5.82 Å². The number of carbonyl (C=O) groups is 1. The van der Waals surface area contributed by atoms with E-state index < -0.39 is 5.82 Å². The molecule has 1 aromatic carbocycles. The van der Waals surface area contributed by atoms with Crippen molar-refractivity contribution in [3.8, 4) is 0 Å². The lowest BCUT2D eigenvalue weighted by Crippen LogP contribution is -1.94. The highest BCUT2D eigenvalue weighted by atomic mass is 35.5.